The molecule has 0 aliphatic heterocycles. The molecule has 1 heteroatoms. The predicted molar refractivity (Wildman–Crippen MR) is 42.9 cm³/mol. The van der Waals surface area contributed by atoms with Gasteiger partial charge in [-0.1, -0.05) is 31.2 Å². The fraction of sp³-hybridized carbons (Fsp3) is 0.556. The monoisotopic (exact) mass is 138 g/mol. The molecule has 0 spiro atoms. The smallest absolute Gasteiger partial charge is 0.0893 e. The lowest BCUT2D eigenvalue weighted by Gasteiger charge is -2.27. The Hall–Kier alpha value is -0.560. The van der Waals surface area contributed by atoms with E-state index in [1.165, 1.54) is 0 Å². The van der Waals surface area contributed by atoms with Gasteiger partial charge < -0.3 is 4.74 Å². The molecule has 1 rings (SSSR count). The molecular formula is C9H14O. The molecular weight excluding hydrogens is 124 g/mol. The fourth-order valence-corrected chi connectivity index (χ4v) is 1.20. The summed E-state index contributed by atoms with van der Waals surface area (Å²) in [5, 5.41) is 0. The zero-order chi connectivity index (χ0) is 7.45. The van der Waals surface area contributed by atoms with Gasteiger partial charge in [0.15, 0.2) is 0 Å². The Morgan fingerprint density at radius 1 is 1.50 bits per heavy atom. The molecule has 1 unspecified atom stereocenters. The summed E-state index contributed by atoms with van der Waals surface area (Å²) in [6, 6.07) is 0. The van der Waals surface area contributed by atoms with Crippen molar-refractivity contribution < 1.29 is 4.74 Å². The second kappa shape index (κ2) is 3.02. The van der Waals surface area contributed by atoms with Crippen LogP contribution < -0.4 is 0 Å². The van der Waals surface area contributed by atoms with E-state index in [2.05, 4.69) is 31.2 Å². The summed E-state index contributed by atoms with van der Waals surface area (Å²) < 4.78 is 5.39. The molecule has 0 N–H and O–H groups in total. The zero-order valence-corrected chi connectivity index (χ0v) is 6.63. The van der Waals surface area contributed by atoms with Crippen LogP contribution in [0.1, 0.15) is 19.8 Å². The minimum Gasteiger partial charge on any atom is -0.374 e. The zero-order valence-electron chi connectivity index (χ0n) is 6.63. The first kappa shape index (κ1) is 7.55. The number of hydrogen-bond donors (Lipinski definition) is 0. The summed E-state index contributed by atoms with van der Waals surface area (Å²) >= 11 is 0. The van der Waals surface area contributed by atoms with Crippen LogP contribution in [0, 0.1) is 0 Å². The normalized spacial score (nSPS) is 31.0. The second-order valence-corrected chi connectivity index (χ2v) is 2.61. The molecule has 0 radical (unpaired) electrons. The molecule has 0 aromatic rings. The van der Waals surface area contributed by atoms with Gasteiger partial charge in [-0.2, -0.15) is 0 Å². The summed E-state index contributed by atoms with van der Waals surface area (Å²) in [4.78, 5) is 0. The van der Waals surface area contributed by atoms with Crippen LogP contribution in [0.4, 0.5) is 0 Å². The van der Waals surface area contributed by atoms with Crippen molar-refractivity contribution >= 4 is 0 Å². The molecule has 0 bridgehead atoms. The van der Waals surface area contributed by atoms with Crippen LogP contribution in [-0.2, 0) is 4.74 Å². The molecule has 0 amide bonds. The molecule has 0 saturated carbocycles. The first-order valence-electron chi connectivity index (χ1n) is 3.72. The molecule has 1 nitrogen and oxygen atoms in total. The topological polar surface area (TPSA) is 9.23 Å². The third-order valence-electron chi connectivity index (χ3n) is 2.12. The number of rotatable bonds is 2. The van der Waals surface area contributed by atoms with E-state index in [4.69, 9.17) is 4.74 Å². The highest BCUT2D eigenvalue weighted by Gasteiger charge is 2.23. The average Bonchev–Trinajstić information content (AvgIpc) is 2.06. The lowest BCUT2D eigenvalue weighted by atomic mass is 9.92. The van der Waals surface area contributed by atoms with Crippen LogP contribution in [0.3, 0.4) is 0 Å². The largest absolute Gasteiger partial charge is 0.374 e. The van der Waals surface area contributed by atoms with E-state index in [1.54, 1.807) is 7.11 Å². The second-order valence-electron chi connectivity index (χ2n) is 2.61. The van der Waals surface area contributed by atoms with Gasteiger partial charge in [-0.3, -0.25) is 0 Å². The van der Waals surface area contributed by atoms with E-state index in [0.717, 1.165) is 12.8 Å². The molecule has 1 aliphatic carbocycles. The van der Waals surface area contributed by atoms with E-state index in [0.29, 0.717) is 0 Å². The van der Waals surface area contributed by atoms with E-state index in [9.17, 15) is 0 Å². The molecule has 0 aromatic heterocycles. The third-order valence-corrected chi connectivity index (χ3v) is 2.12. The minimum atomic E-state index is -0.00521. The van der Waals surface area contributed by atoms with Gasteiger partial charge in [0.2, 0.25) is 0 Å². The molecule has 0 heterocycles. The van der Waals surface area contributed by atoms with Crippen molar-refractivity contribution in [2.45, 2.75) is 25.4 Å². The predicted octanol–water partition coefficient (Wildman–Crippen LogP) is 2.30. The van der Waals surface area contributed by atoms with Crippen molar-refractivity contribution in [3.8, 4) is 0 Å². The Kier molecular flexibility index (Phi) is 2.28. The highest BCUT2D eigenvalue weighted by Crippen LogP contribution is 2.24. The Morgan fingerprint density at radius 3 is 2.60 bits per heavy atom. The van der Waals surface area contributed by atoms with Crippen LogP contribution in [0.25, 0.3) is 0 Å². The highest BCUT2D eigenvalue weighted by molar-refractivity contribution is 5.18. The van der Waals surface area contributed by atoms with E-state index >= 15 is 0 Å². The Morgan fingerprint density at radius 2 is 2.30 bits per heavy atom. The van der Waals surface area contributed by atoms with Gasteiger partial charge >= 0.3 is 0 Å². The number of methoxy groups -OCH3 is 1. The highest BCUT2D eigenvalue weighted by atomic mass is 16.5. The van der Waals surface area contributed by atoms with E-state index in [1.807, 2.05) is 0 Å². The van der Waals surface area contributed by atoms with Crippen molar-refractivity contribution in [3.05, 3.63) is 24.3 Å². The van der Waals surface area contributed by atoms with Gasteiger partial charge in [-0.25, -0.2) is 0 Å². The summed E-state index contributed by atoms with van der Waals surface area (Å²) in [7, 11) is 1.77. The lowest BCUT2D eigenvalue weighted by Crippen LogP contribution is -2.27. The maximum absolute atomic E-state index is 5.39. The summed E-state index contributed by atoms with van der Waals surface area (Å²) in [6.07, 6.45) is 10.4. The standard InChI is InChI=1S/C9H14O/c1-3-9(10-2)7-5-4-6-8-9/h4-7H,3,8H2,1-2H3. The summed E-state index contributed by atoms with van der Waals surface area (Å²) in [5.74, 6) is 0. The molecule has 56 valence electrons. The van der Waals surface area contributed by atoms with E-state index < -0.39 is 0 Å². The van der Waals surface area contributed by atoms with Crippen molar-refractivity contribution in [2.75, 3.05) is 7.11 Å². The van der Waals surface area contributed by atoms with Gasteiger partial charge in [0.05, 0.1) is 5.60 Å². The third kappa shape index (κ3) is 1.29. The molecule has 0 aromatic carbocycles. The van der Waals surface area contributed by atoms with Gasteiger partial charge in [0, 0.05) is 7.11 Å². The molecule has 0 saturated heterocycles. The Bertz CT molecular complexity index is 152. The summed E-state index contributed by atoms with van der Waals surface area (Å²) in [5.41, 5.74) is -0.00521. The molecule has 0 fully saturated rings. The molecule has 1 aliphatic rings. The van der Waals surface area contributed by atoms with Crippen molar-refractivity contribution in [3.63, 3.8) is 0 Å². The Labute approximate surface area is 62.4 Å². The van der Waals surface area contributed by atoms with E-state index in [-0.39, 0.29) is 5.60 Å². The Balaban J connectivity index is 2.66. The van der Waals surface area contributed by atoms with Gasteiger partial charge in [-0.05, 0) is 12.8 Å². The van der Waals surface area contributed by atoms with Crippen LogP contribution in [0.2, 0.25) is 0 Å². The first-order valence-corrected chi connectivity index (χ1v) is 3.72. The fourth-order valence-electron chi connectivity index (χ4n) is 1.20. The SMILES string of the molecule is CCC1(OC)C=CC=CC1. The number of hydrogen-bond acceptors (Lipinski definition) is 1. The molecule has 10 heavy (non-hydrogen) atoms. The number of allylic oxidation sites excluding steroid dienone is 2. The van der Waals surface area contributed by atoms with Crippen molar-refractivity contribution in [1.82, 2.24) is 0 Å². The average molecular weight is 138 g/mol. The number of ether oxygens (including phenoxy) is 1. The molecule has 1 atom stereocenters. The maximum Gasteiger partial charge on any atom is 0.0893 e. The van der Waals surface area contributed by atoms with Crippen LogP contribution in [-0.4, -0.2) is 12.7 Å². The van der Waals surface area contributed by atoms with Gasteiger partial charge in [0.25, 0.3) is 0 Å². The van der Waals surface area contributed by atoms with Gasteiger partial charge in [0.1, 0.15) is 0 Å². The van der Waals surface area contributed by atoms with Crippen molar-refractivity contribution in [2.24, 2.45) is 0 Å². The quantitative estimate of drug-likeness (QED) is 0.569. The lowest BCUT2D eigenvalue weighted by molar-refractivity contribution is 0.0307. The van der Waals surface area contributed by atoms with Gasteiger partial charge in [-0.15, -0.1) is 0 Å². The van der Waals surface area contributed by atoms with Crippen LogP contribution >= 0.6 is 0 Å². The first-order chi connectivity index (χ1) is 4.83. The van der Waals surface area contributed by atoms with Crippen molar-refractivity contribution in [1.29, 1.82) is 0 Å². The maximum atomic E-state index is 5.39. The van der Waals surface area contributed by atoms with Crippen LogP contribution in [0.5, 0.6) is 0 Å². The minimum absolute atomic E-state index is 0.00521. The summed E-state index contributed by atoms with van der Waals surface area (Å²) in [6.45, 7) is 2.15. The van der Waals surface area contributed by atoms with Crippen LogP contribution in [0.15, 0.2) is 24.3 Å².